The van der Waals surface area contributed by atoms with E-state index in [0.29, 0.717) is 17.0 Å². The van der Waals surface area contributed by atoms with Crippen molar-refractivity contribution in [3.05, 3.63) is 48.8 Å². The van der Waals surface area contributed by atoms with Crippen molar-refractivity contribution in [2.75, 3.05) is 7.11 Å². The number of imidazole rings is 1. The smallest absolute Gasteiger partial charge is 0.505 e. The second-order valence-electron chi connectivity index (χ2n) is 4.33. The predicted octanol–water partition coefficient (Wildman–Crippen LogP) is 3.31. The van der Waals surface area contributed by atoms with Crippen molar-refractivity contribution >= 4 is 13.1 Å². The molecule has 0 aliphatic heterocycles. The summed E-state index contributed by atoms with van der Waals surface area (Å²) in [6.07, 6.45) is 3.60. The number of benzene rings is 1. The molecule has 0 spiro atoms. The number of methoxy groups -OCH3 is 1. The lowest BCUT2D eigenvalue weighted by molar-refractivity contribution is 0.403. The molecule has 0 atom stereocenters. The molecule has 106 valence electrons. The normalized spacial score (nSPS) is 10.6. The van der Waals surface area contributed by atoms with Gasteiger partial charge in [-0.25, -0.2) is 13.6 Å². The summed E-state index contributed by atoms with van der Waals surface area (Å²) in [5, 5.41) is 0. The second-order valence-corrected chi connectivity index (χ2v) is 4.33. The highest BCUT2D eigenvalue weighted by molar-refractivity contribution is 6.35. The number of fused-ring (bicyclic) bond motifs is 1. The standard InChI is InChI=1S/C14H11BF2N2O2/c1-20-10-5-6-11(13(8-10)21-15(16)17)12-9-19-7-3-2-4-14(19)18-12/h2-9H,1H3. The first-order valence-corrected chi connectivity index (χ1v) is 6.24. The zero-order valence-electron chi connectivity index (χ0n) is 11.2. The fraction of sp³-hybridized carbons (Fsp3) is 0.0714. The molecule has 2 aromatic heterocycles. The summed E-state index contributed by atoms with van der Waals surface area (Å²) in [5.74, 6) is 0.478. The van der Waals surface area contributed by atoms with Crippen LogP contribution in [0.1, 0.15) is 0 Å². The maximum Gasteiger partial charge on any atom is 0.796 e. The van der Waals surface area contributed by atoms with Crippen molar-refractivity contribution in [3.63, 3.8) is 0 Å². The van der Waals surface area contributed by atoms with Crippen LogP contribution in [-0.4, -0.2) is 24.0 Å². The molecule has 0 radical (unpaired) electrons. The number of halogens is 2. The van der Waals surface area contributed by atoms with Gasteiger partial charge >= 0.3 is 7.47 Å². The molecule has 21 heavy (non-hydrogen) atoms. The number of pyridine rings is 1. The molecule has 0 unspecified atom stereocenters. The minimum atomic E-state index is -2.91. The molecule has 0 N–H and O–H groups in total. The summed E-state index contributed by atoms with van der Waals surface area (Å²) in [6, 6.07) is 10.3. The Morgan fingerprint density at radius 3 is 2.76 bits per heavy atom. The Balaban J connectivity index is 2.11. The quantitative estimate of drug-likeness (QED) is 0.691. The third-order valence-electron chi connectivity index (χ3n) is 3.04. The van der Waals surface area contributed by atoms with Crippen LogP contribution in [0.5, 0.6) is 11.5 Å². The van der Waals surface area contributed by atoms with Gasteiger partial charge < -0.3 is 13.8 Å². The van der Waals surface area contributed by atoms with Crippen molar-refractivity contribution in [1.29, 1.82) is 0 Å². The lowest BCUT2D eigenvalue weighted by Crippen LogP contribution is -2.09. The van der Waals surface area contributed by atoms with Gasteiger partial charge in [-0.3, -0.25) is 0 Å². The van der Waals surface area contributed by atoms with Crippen LogP contribution in [0.15, 0.2) is 48.8 Å². The summed E-state index contributed by atoms with van der Waals surface area (Å²) in [4.78, 5) is 4.40. The maximum atomic E-state index is 12.6. The molecule has 3 aromatic rings. The lowest BCUT2D eigenvalue weighted by atomic mass is 10.1. The molecular weight excluding hydrogens is 277 g/mol. The highest BCUT2D eigenvalue weighted by atomic mass is 19.2. The van der Waals surface area contributed by atoms with Crippen LogP contribution in [0, 0.1) is 0 Å². The minimum absolute atomic E-state index is 0.0350. The number of hydrogen-bond acceptors (Lipinski definition) is 3. The molecular formula is C14H11BF2N2O2. The van der Waals surface area contributed by atoms with Gasteiger partial charge in [0, 0.05) is 24.0 Å². The number of ether oxygens (including phenoxy) is 1. The van der Waals surface area contributed by atoms with Crippen molar-refractivity contribution in [2.45, 2.75) is 0 Å². The first-order valence-electron chi connectivity index (χ1n) is 6.24. The molecule has 0 saturated heterocycles. The van der Waals surface area contributed by atoms with Gasteiger partial charge in [0.2, 0.25) is 0 Å². The Hall–Kier alpha value is -2.57. The Morgan fingerprint density at radius 1 is 1.19 bits per heavy atom. The van der Waals surface area contributed by atoms with E-state index in [1.807, 2.05) is 28.8 Å². The molecule has 0 aliphatic rings. The van der Waals surface area contributed by atoms with Gasteiger partial charge in [0.25, 0.3) is 0 Å². The maximum absolute atomic E-state index is 12.6. The van der Waals surface area contributed by atoms with E-state index in [2.05, 4.69) is 9.64 Å². The zero-order valence-corrected chi connectivity index (χ0v) is 11.2. The van der Waals surface area contributed by atoms with Crippen molar-refractivity contribution in [3.8, 4) is 22.8 Å². The largest absolute Gasteiger partial charge is 0.796 e. The summed E-state index contributed by atoms with van der Waals surface area (Å²) >= 11 is 0. The van der Waals surface area contributed by atoms with Crippen LogP contribution in [0.4, 0.5) is 8.63 Å². The van der Waals surface area contributed by atoms with E-state index in [1.165, 1.54) is 13.2 Å². The van der Waals surface area contributed by atoms with Gasteiger partial charge in [-0.05, 0) is 24.3 Å². The molecule has 3 rings (SSSR count). The van der Waals surface area contributed by atoms with Gasteiger partial charge in [0.1, 0.15) is 17.1 Å². The van der Waals surface area contributed by atoms with Gasteiger partial charge in [-0.15, -0.1) is 0 Å². The number of aromatic nitrogens is 2. The van der Waals surface area contributed by atoms with Gasteiger partial charge in [0.05, 0.1) is 12.8 Å². The van der Waals surface area contributed by atoms with Gasteiger partial charge in [-0.1, -0.05) is 6.07 Å². The molecule has 0 amide bonds. The first-order chi connectivity index (χ1) is 10.2. The third kappa shape index (κ3) is 2.67. The van der Waals surface area contributed by atoms with Crippen LogP contribution < -0.4 is 9.39 Å². The molecule has 0 bridgehead atoms. The van der Waals surface area contributed by atoms with Crippen LogP contribution in [0.3, 0.4) is 0 Å². The van der Waals surface area contributed by atoms with E-state index in [-0.39, 0.29) is 5.75 Å². The fourth-order valence-electron chi connectivity index (χ4n) is 2.10. The first kappa shape index (κ1) is 13.4. The van der Waals surface area contributed by atoms with E-state index in [9.17, 15) is 8.63 Å². The third-order valence-corrected chi connectivity index (χ3v) is 3.04. The summed E-state index contributed by atoms with van der Waals surface area (Å²) in [5.41, 5.74) is 1.77. The molecule has 2 heterocycles. The molecule has 1 aromatic carbocycles. The number of hydrogen-bond donors (Lipinski definition) is 0. The van der Waals surface area contributed by atoms with Crippen LogP contribution in [-0.2, 0) is 0 Å². The molecule has 0 fully saturated rings. The molecule has 0 aliphatic carbocycles. The SMILES string of the molecule is COc1ccc(-c2cn3ccccc3n2)c(OB(F)F)c1. The van der Waals surface area contributed by atoms with Gasteiger partial charge in [-0.2, -0.15) is 0 Å². The molecule has 7 heteroatoms. The predicted molar refractivity (Wildman–Crippen MR) is 75.8 cm³/mol. The zero-order chi connectivity index (χ0) is 14.8. The summed E-state index contributed by atoms with van der Waals surface area (Å²) in [6.45, 7) is 0. The Kier molecular flexibility index (Phi) is 3.47. The van der Waals surface area contributed by atoms with Crippen LogP contribution >= 0.6 is 0 Å². The fourth-order valence-corrected chi connectivity index (χ4v) is 2.10. The topological polar surface area (TPSA) is 35.8 Å². The monoisotopic (exact) mass is 288 g/mol. The van der Waals surface area contributed by atoms with Crippen molar-refractivity contribution < 1.29 is 18.0 Å². The van der Waals surface area contributed by atoms with Crippen LogP contribution in [0.2, 0.25) is 0 Å². The Morgan fingerprint density at radius 2 is 2.05 bits per heavy atom. The average molecular weight is 288 g/mol. The highest BCUT2D eigenvalue weighted by Gasteiger charge is 2.21. The van der Waals surface area contributed by atoms with E-state index >= 15 is 0 Å². The Bertz CT molecular complexity index is 744. The average Bonchev–Trinajstić information content (AvgIpc) is 2.90. The Labute approximate surface area is 120 Å². The van der Waals surface area contributed by atoms with E-state index in [1.54, 1.807) is 18.3 Å². The van der Waals surface area contributed by atoms with Gasteiger partial charge in [0.15, 0.2) is 0 Å². The lowest BCUT2D eigenvalue weighted by Gasteiger charge is -2.10. The molecule has 0 saturated carbocycles. The number of rotatable bonds is 4. The van der Waals surface area contributed by atoms with E-state index in [4.69, 9.17) is 4.74 Å². The summed E-state index contributed by atoms with van der Waals surface area (Å²) in [7, 11) is -1.45. The highest BCUT2D eigenvalue weighted by Crippen LogP contribution is 2.33. The van der Waals surface area contributed by atoms with E-state index in [0.717, 1.165) is 5.65 Å². The van der Waals surface area contributed by atoms with Crippen molar-refractivity contribution in [1.82, 2.24) is 9.38 Å². The number of nitrogens with zero attached hydrogens (tertiary/aromatic N) is 2. The van der Waals surface area contributed by atoms with Crippen LogP contribution in [0.25, 0.3) is 16.9 Å². The molecule has 4 nitrogen and oxygen atoms in total. The van der Waals surface area contributed by atoms with E-state index < -0.39 is 7.47 Å². The summed E-state index contributed by atoms with van der Waals surface area (Å²) < 4.78 is 36.6. The second kappa shape index (κ2) is 5.44. The van der Waals surface area contributed by atoms with Crippen molar-refractivity contribution in [2.24, 2.45) is 0 Å². The minimum Gasteiger partial charge on any atom is -0.505 e.